The number of likely N-dealkylation sites (tertiary alicyclic amines) is 1. The number of carbonyl (C=O) groups excluding carboxylic acids is 2. The molecule has 2 aromatic rings. The second-order valence-electron chi connectivity index (χ2n) is 7.33. The maximum absolute atomic E-state index is 13.0. The number of benzene rings is 2. The highest BCUT2D eigenvalue weighted by molar-refractivity contribution is 6.30. The molecule has 1 atom stereocenters. The van der Waals surface area contributed by atoms with Gasteiger partial charge in [-0.25, -0.2) is 0 Å². The van der Waals surface area contributed by atoms with E-state index in [2.05, 4.69) is 10.2 Å². The standard InChI is InChI=1S/C22H24N2O3/c25-15(14-24-11-4-1-5-12-24)13-23-19-10-6-9-18-20(19)22(27)17-8-3-2-7-16(17)21(18)26/h2-3,6-10,15,23,25H,1,4-5,11-14H2. The first-order valence-electron chi connectivity index (χ1n) is 9.61. The molecule has 1 fully saturated rings. The van der Waals surface area contributed by atoms with Crippen molar-refractivity contribution in [2.75, 3.05) is 31.5 Å². The van der Waals surface area contributed by atoms with Crippen LogP contribution in [-0.2, 0) is 0 Å². The molecule has 0 radical (unpaired) electrons. The maximum Gasteiger partial charge on any atom is 0.196 e. The molecular formula is C22H24N2O3. The van der Waals surface area contributed by atoms with Gasteiger partial charge in [-0.2, -0.15) is 0 Å². The van der Waals surface area contributed by atoms with E-state index in [4.69, 9.17) is 0 Å². The largest absolute Gasteiger partial charge is 0.390 e. The molecule has 4 rings (SSSR count). The van der Waals surface area contributed by atoms with Crippen LogP contribution in [0.5, 0.6) is 0 Å². The average Bonchev–Trinajstić information content (AvgIpc) is 2.71. The third-order valence-corrected chi connectivity index (χ3v) is 5.40. The molecule has 0 spiro atoms. The lowest BCUT2D eigenvalue weighted by Crippen LogP contribution is -2.39. The van der Waals surface area contributed by atoms with Crippen molar-refractivity contribution >= 4 is 17.3 Å². The number of piperidine rings is 1. The first-order chi connectivity index (χ1) is 13.1. The molecule has 1 aliphatic heterocycles. The summed E-state index contributed by atoms with van der Waals surface area (Å²) in [5.74, 6) is -0.272. The number of nitrogens with one attached hydrogen (secondary N) is 1. The lowest BCUT2D eigenvalue weighted by atomic mass is 9.83. The van der Waals surface area contributed by atoms with Gasteiger partial charge in [0.15, 0.2) is 11.6 Å². The molecule has 0 amide bonds. The van der Waals surface area contributed by atoms with Crippen molar-refractivity contribution < 1.29 is 14.7 Å². The molecular weight excluding hydrogens is 340 g/mol. The lowest BCUT2D eigenvalue weighted by Gasteiger charge is -2.29. The SMILES string of the molecule is O=C1c2ccccc2C(=O)c2c(NCC(O)CN3CCCCC3)cccc21. The first-order valence-corrected chi connectivity index (χ1v) is 9.61. The molecule has 1 heterocycles. The fourth-order valence-corrected chi connectivity index (χ4v) is 4.02. The topological polar surface area (TPSA) is 69.6 Å². The van der Waals surface area contributed by atoms with E-state index in [-0.39, 0.29) is 11.6 Å². The van der Waals surface area contributed by atoms with Crippen LogP contribution in [0.15, 0.2) is 42.5 Å². The Balaban J connectivity index is 1.52. The van der Waals surface area contributed by atoms with E-state index in [0.717, 1.165) is 13.1 Å². The minimum atomic E-state index is -0.527. The van der Waals surface area contributed by atoms with Gasteiger partial charge >= 0.3 is 0 Å². The van der Waals surface area contributed by atoms with E-state index >= 15 is 0 Å². The van der Waals surface area contributed by atoms with E-state index < -0.39 is 6.10 Å². The van der Waals surface area contributed by atoms with E-state index in [1.165, 1.54) is 19.3 Å². The number of aliphatic hydroxyl groups excluding tert-OH is 1. The normalized spacial score (nSPS) is 18.0. The van der Waals surface area contributed by atoms with Gasteiger partial charge in [0.05, 0.1) is 11.7 Å². The van der Waals surface area contributed by atoms with Crippen LogP contribution in [-0.4, -0.2) is 53.9 Å². The fraction of sp³-hybridized carbons (Fsp3) is 0.364. The summed E-state index contributed by atoms with van der Waals surface area (Å²) in [6, 6.07) is 12.2. The van der Waals surface area contributed by atoms with Gasteiger partial charge in [0, 0.05) is 35.5 Å². The number of aliphatic hydroxyl groups is 1. The third kappa shape index (κ3) is 3.53. The van der Waals surface area contributed by atoms with Crippen molar-refractivity contribution in [2.45, 2.75) is 25.4 Å². The number of β-amino-alcohol motifs (C(OH)–C–C–N with tert-alkyl or cyclic N) is 1. The molecule has 1 unspecified atom stereocenters. The van der Waals surface area contributed by atoms with Gasteiger partial charge in [0.2, 0.25) is 0 Å². The van der Waals surface area contributed by atoms with Crippen LogP contribution >= 0.6 is 0 Å². The highest BCUT2D eigenvalue weighted by Gasteiger charge is 2.31. The molecule has 140 valence electrons. The first kappa shape index (κ1) is 17.9. The van der Waals surface area contributed by atoms with E-state index in [9.17, 15) is 14.7 Å². The molecule has 0 bridgehead atoms. The Morgan fingerprint density at radius 1 is 0.889 bits per heavy atom. The molecule has 2 aromatic carbocycles. The molecule has 5 heteroatoms. The number of nitrogens with zero attached hydrogens (tertiary/aromatic N) is 1. The minimum Gasteiger partial charge on any atom is -0.390 e. The summed E-state index contributed by atoms with van der Waals surface area (Å²) in [5, 5.41) is 13.6. The monoisotopic (exact) mass is 364 g/mol. The predicted octanol–water partition coefficient (Wildman–Crippen LogP) is 2.72. The zero-order valence-electron chi connectivity index (χ0n) is 15.3. The number of carbonyl (C=O) groups is 2. The zero-order chi connectivity index (χ0) is 18.8. The van der Waals surface area contributed by atoms with Crippen molar-refractivity contribution in [2.24, 2.45) is 0 Å². The Labute approximate surface area is 159 Å². The molecule has 0 saturated carbocycles. The Hall–Kier alpha value is -2.50. The van der Waals surface area contributed by atoms with Gasteiger partial charge in [-0.1, -0.05) is 42.8 Å². The zero-order valence-corrected chi connectivity index (χ0v) is 15.3. The summed E-state index contributed by atoms with van der Waals surface area (Å²) in [6.45, 7) is 3.02. The molecule has 0 aromatic heterocycles. The van der Waals surface area contributed by atoms with Gasteiger partial charge < -0.3 is 15.3 Å². The molecule has 5 nitrogen and oxygen atoms in total. The fourth-order valence-electron chi connectivity index (χ4n) is 4.02. The van der Waals surface area contributed by atoms with Crippen molar-refractivity contribution in [3.63, 3.8) is 0 Å². The molecule has 27 heavy (non-hydrogen) atoms. The van der Waals surface area contributed by atoms with E-state index in [1.54, 1.807) is 42.5 Å². The van der Waals surface area contributed by atoms with Crippen molar-refractivity contribution in [3.05, 3.63) is 64.7 Å². The summed E-state index contributed by atoms with van der Waals surface area (Å²) in [7, 11) is 0. The Morgan fingerprint density at radius 3 is 2.30 bits per heavy atom. The van der Waals surface area contributed by atoms with Gasteiger partial charge in [0.25, 0.3) is 0 Å². The molecule has 1 aliphatic carbocycles. The predicted molar refractivity (Wildman–Crippen MR) is 105 cm³/mol. The number of hydrogen-bond donors (Lipinski definition) is 2. The molecule has 2 aliphatic rings. The maximum atomic E-state index is 13.0. The molecule has 2 N–H and O–H groups in total. The van der Waals surface area contributed by atoms with Crippen LogP contribution in [0.3, 0.4) is 0 Å². The van der Waals surface area contributed by atoms with Crippen LogP contribution in [0, 0.1) is 0 Å². The Kier molecular flexibility index (Phi) is 5.05. The minimum absolute atomic E-state index is 0.127. The Morgan fingerprint density at radius 2 is 1.56 bits per heavy atom. The van der Waals surface area contributed by atoms with Crippen molar-refractivity contribution in [1.82, 2.24) is 4.90 Å². The van der Waals surface area contributed by atoms with Crippen LogP contribution in [0.25, 0.3) is 0 Å². The number of ketones is 2. The quantitative estimate of drug-likeness (QED) is 0.729. The third-order valence-electron chi connectivity index (χ3n) is 5.40. The second kappa shape index (κ2) is 7.62. The van der Waals surface area contributed by atoms with E-state index in [0.29, 0.717) is 41.0 Å². The highest BCUT2D eigenvalue weighted by atomic mass is 16.3. The summed E-state index contributed by atoms with van der Waals surface area (Å²) < 4.78 is 0. The number of rotatable bonds is 5. The van der Waals surface area contributed by atoms with Crippen LogP contribution in [0.4, 0.5) is 5.69 Å². The van der Waals surface area contributed by atoms with Crippen molar-refractivity contribution in [1.29, 1.82) is 0 Å². The summed E-state index contributed by atoms with van der Waals surface area (Å²) in [5.41, 5.74) is 2.34. The van der Waals surface area contributed by atoms with Gasteiger partial charge in [-0.15, -0.1) is 0 Å². The van der Waals surface area contributed by atoms with Gasteiger partial charge in [-0.05, 0) is 32.0 Å². The van der Waals surface area contributed by atoms with Gasteiger partial charge in [0.1, 0.15) is 0 Å². The van der Waals surface area contributed by atoms with E-state index in [1.807, 2.05) is 0 Å². The van der Waals surface area contributed by atoms with Crippen LogP contribution < -0.4 is 5.32 Å². The van der Waals surface area contributed by atoms with Crippen LogP contribution in [0.1, 0.15) is 51.1 Å². The smallest absolute Gasteiger partial charge is 0.196 e. The van der Waals surface area contributed by atoms with Crippen molar-refractivity contribution in [3.8, 4) is 0 Å². The average molecular weight is 364 g/mol. The van der Waals surface area contributed by atoms with Gasteiger partial charge in [-0.3, -0.25) is 9.59 Å². The Bertz CT molecular complexity index is 872. The second-order valence-corrected chi connectivity index (χ2v) is 7.33. The molecule has 1 saturated heterocycles. The summed E-state index contributed by atoms with van der Waals surface area (Å²) >= 11 is 0. The van der Waals surface area contributed by atoms with Crippen LogP contribution in [0.2, 0.25) is 0 Å². The summed E-state index contributed by atoms with van der Waals surface area (Å²) in [4.78, 5) is 28.0. The summed E-state index contributed by atoms with van der Waals surface area (Å²) in [6.07, 6.45) is 3.10. The highest BCUT2D eigenvalue weighted by Crippen LogP contribution is 2.31. The lowest BCUT2D eigenvalue weighted by molar-refractivity contribution is 0.0979. The number of hydrogen-bond acceptors (Lipinski definition) is 5. The number of fused-ring (bicyclic) bond motifs is 2. The number of anilines is 1.